The zero-order valence-electron chi connectivity index (χ0n) is 15.3. The van der Waals surface area contributed by atoms with Crippen molar-refractivity contribution in [2.75, 3.05) is 38.0 Å². The fourth-order valence-electron chi connectivity index (χ4n) is 6.00. The number of hydrogen-bond acceptors (Lipinski definition) is 3. The van der Waals surface area contributed by atoms with E-state index in [0.29, 0.717) is 11.5 Å². The van der Waals surface area contributed by atoms with Crippen LogP contribution in [0.2, 0.25) is 0 Å². The molecule has 1 aromatic carbocycles. The zero-order chi connectivity index (χ0) is 17.1. The lowest BCUT2D eigenvalue weighted by Crippen LogP contribution is -2.57. The van der Waals surface area contributed by atoms with E-state index < -0.39 is 0 Å². The number of hydrogen-bond donors (Lipinski definition) is 1. The summed E-state index contributed by atoms with van der Waals surface area (Å²) in [6.45, 7) is 8.60. The van der Waals surface area contributed by atoms with Gasteiger partial charge in [-0.1, -0.05) is 25.1 Å². The van der Waals surface area contributed by atoms with Gasteiger partial charge in [-0.3, -0.25) is 9.69 Å². The highest BCUT2D eigenvalue weighted by Crippen LogP contribution is 2.49. The summed E-state index contributed by atoms with van der Waals surface area (Å²) in [4.78, 5) is 18.1. The predicted octanol–water partition coefficient (Wildman–Crippen LogP) is 2.85. The van der Waals surface area contributed by atoms with Crippen LogP contribution < -0.4 is 5.32 Å². The molecule has 5 rings (SSSR count). The summed E-state index contributed by atoms with van der Waals surface area (Å²) < 4.78 is 0. The average Bonchev–Trinajstić information content (AvgIpc) is 3.16. The number of rotatable bonds is 2. The fourth-order valence-corrected chi connectivity index (χ4v) is 6.00. The Bertz CT molecular complexity index is 686. The molecule has 0 atom stereocenters. The van der Waals surface area contributed by atoms with Crippen LogP contribution in [0.4, 0.5) is 5.69 Å². The van der Waals surface area contributed by atoms with Gasteiger partial charge in [0.1, 0.15) is 0 Å². The Balaban J connectivity index is 1.26. The van der Waals surface area contributed by atoms with Crippen LogP contribution >= 0.6 is 0 Å². The van der Waals surface area contributed by atoms with Crippen molar-refractivity contribution in [3.63, 3.8) is 0 Å². The molecule has 3 heterocycles. The number of anilines is 1. The molecule has 1 amide bonds. The van der Waals surface area contributed by atoms with Gasteiger partial charge < -0.3 is 10.2 Å². The molecular weight excluding hydrogens is 310 g/mol. The maximum absolute atomic E-state index is 12.7. The Morgan fingerprint density at radius 2 is 1.88 bits per heavy atom. The van der Waals surface area contributed by atoms with Crippen molar-refractivity contribution in [2.24, 2.45) is 5.41 Å². The van der Waals surface area contributed by atoms with E-state index >= 15 is 0 Å². The summed E-state index contributed by atoms with van der Waals surface area (Å²) >= 11 is 0. The Kier molecular flexibility index (Phi) is 3.52. The minimum atomic E-state index is -0.250. The van der Waals surface area contributed by atoms with Crippen LogP contribution in [0.15, 0.2) is 24.3 Å². The summed E-state index contributed by atoms with van der Waals surface area (Å²) in [6.07, 6.45) is 5.70. The lowest BCUT2D eigenvalue weighted by Gasteiger charge is -2.48. The van der Waals surface area contributed by atoms with Crippen molar-refractivity contribution < 1.29 is 4.79 Å². The SMILES string of the molecule is CCN1CC2(CCN(C3CCC4(CC3)C(=O)Nc3ccccc34)C2)C1. The van der Waals surface area contributed by atoms with E-state index in [0.717, 1.165) is 31.4 Å². The van der Waals surface area contributed by atoms with Crippen molar-refractivity contribution in [3.05, 3.63) is 29.8 Å². The molecule has 1 aromatic rings. The molecule has 2 spiro atoms. The van der Waals surface area contributed by atoms with E-state index in [2.05, 4.69) is 34.2 Å². The van der Waals surface area contributed by atoms with Gasteiger partial charge in [-0.05, 0) is 56.8 Å². The number of fused-ring (bicyclic) bond motifs is 2. The number of nitrogens with one attached hydrogen (secondary N) is 1. The Hall–Kier alpha value is -1.39. The first-order chi connectivity index (χ1) is 12.1. The molecule has 0 radical (unpaired) electrons. The smallest absolute Gasteiger partial charge is 0.235 e. The molecule has 0 bridgehead atoms. The normalized spacial score (nSPS) is 34.3. The van der Waals surface area contributed by atoms with E-state index in [4.69, 9.17) is 0 Å². The van der Waals surface area contributed by atoms with Crippen molar-refractivity contribution >= 4 is 11.6 Å². The lowest BCUT2D eigenvalue weighted by molar-refractivity contribution is -0.122. The zero-order valence-corrected chi connectivity index (χ0v) is 15.3. The molecule has 134 valence electrons. The first-order valence-electron chi connectivity index (χ1n) is 10.0. The maximum atomic E-state index is 12.7. The van der Waals surface area contributed by atoms with Crippen LogP contribution in [0.1, 0.15) is 44.6 Å². The summed E-state index contributed by atoms with van der Waals surface area (Å²) in [7, 11) is 0. The largest absolute Gasteiger partial charge is 0.325 e. The molecule has 3 fully saturated rings. The Morgan fingerprint density at radius 1 is 1.12 bits per heavy atom. The molecule has 0 unspecified atom stereocenters. The number of para-hydroxylation sites is 1. The third kappa shape index (κ3) is 2.30. The predicted molar refractivity (Wildman–Crippen MR) is 99.7 cm³/mol. The highest BCUT2D eigenvalue weighted by Gasteiger charge is 2.52. The van der Waals surface area contributed by atoms with Gasteiger partial charge in [0.15, 0.2) is 0 Å². The number of benzene rings is 1. The first-order valence-corrected chi connectivity index (χ1v) is 10.0. The summed E-state index contributed by atoms with van der Waals surface area (Å²) in [6, 6.07) is 8.99. The van der Waals surface area contributed by atoms with Crippen molar-refractivity contribution in [1.82, 2.24) is 9.80 Å². The number of carbonyl (C=O) groups is 1. The number of nitrogens with zero attached hydrogens (tertiary/aromatic N) is 2. The van der Waals surface area contributed by atoms with E-state index in [-0.39, 0.29) is 11.3 Å². The summed E-state index contributed by atoms with van der Waals surface area (Å²) in [5, 5.41) is 3.13. The van der Waals surface area contributed by atoms with Gasteiger partial charge in [0.25, 0.3) is 0 Å². The molecule has 1 saturated carbocycles. The van der Waals surface area contributed by atoms with Crippen LogP contribution in [0, 0.1) is 5.41 Å². The van der Waals surface area contributed by atoms with Crippen molar-refractivity contribution in [2.45, 2.75) is 50.5 Å². The summed E-state index contributed by atoms with van der Waals surface area (Å²) in [5.41, 5.74) is 2.62. The van der Waals surface area contributed by atoms with Gasteiger partial charge in [0, 0.05) is 36.8 Å². The van der Waals surface area contributed by atoms with Gasteiger partial charge in [-0.25, -0.2) is 0 Å². The maximum Gasteiger partial charge on any atom is 0.235 e. The van der Waals surface area contributed by atoms with E-state index in [1.165, 1.54) is 44.7 Å². The standard InChI is InChI=1S/C21H29N3O/c1-2-23-13-20(14-23)11-12-24(15-20)16-7-9-21(10-8-16)17-5-3-4-6-18(17)22-19(21)25/h3-6,16H,2,7-15H2,1H3,(H,22,25). The average molecular weight is 339 g/mol. The highest BCUT2D eigenvalue weighted by molar-refractivity contribution is 6.06. The minimum absolute atomic E-state index is 0.239. The van der Waals surface area contributed by atoms with Crippen LogP contribution in [0.25, 0.3) is 0 Å². The molecule has 4 aliphatic rings. The molecule has 1 N–H and O–H groups in total. The molecule has 1 aliphatic carbocycles. The van der Waals surface area contributed by atoms with E-state index in [1.54, 1.807) is 0 Å². The summed E-state index contributed by atoms with van der Waals surface area (Å²) in [5.74, 6) is 0.239. The van der Waals surface area contributed by atoms with Gasteiger partial charge in [0.05, 0.1) is 5.41 Å². The van der Waals surface area contributed by atoms with Crippen LogP contribution in [-0.4, -0.2) is 54.5 Å². The lowest BCUT2D eigenvalue weighted by atomic mass is 9.68. The Labute approximate surface area is 150 Å². The molecule has 25 heavy (non-hydrogen) atoms. The second kappa shape index (κ2) is 5.55. The quantitative estimate of drug-likeness (QED) is 0.900. The molecule has 2 saturated heterocycles. The highest BCUT2D eigenvalue weighted by atomic mass is 16.2. The van der Waals surface area contributed by atoms with Crippen molar-refractivity contribution in [1.29, 1.82) is 0 Å². The second-order valence-corrected chi connectivity index (χ2v) is 8.84. The van der Waals surface area contributed by atoms with Crippen LogP contribution in [0.5, 0.6) is 0 Å². The number of likely N-dealkylation sites (tertiary alicyclic amines) is 2. The Morgan fingerprint density at radius 3 is 2.64 bits per heavy atom. The monoisotopic (exact) mass is 339 g/mol. The van der Waals surface area contributed by atoms with Gasteiger partial charge >= 0.3 is 0 Å². The van der Waals surface area contributed by atoms with Gasteiger partial charge in [0.2, 0.25) is 5.91 Å². The van der Waals surface area contributed by atoms with Crippen LogP contribution in [0.3, 0.4) is 0 Å². The molecule has 3 aliphatic heterocycles. The molecule has 4 nitrogen and oxygen atoms in total. The fraction of sp³-hybridized carbons (Fsp3) is 0.667. The van der Waals surface area contributed by atoms with Gasteiger partial charge in [-0.15, -0.1) is 0 Å². The molecule has 4 heteroatoms. The first kappa shape index (κ1) is 15.8. The van der Waals surface area contributed by atoms with Gasteiger partial charge in [-0.2, -0.15) is 0 Å². The third-order valence-electron chi connectivity index (χ3n) is 7.48. The minimum Gasteiger partial charge on any atom is -0.325 e. The number of carbonyl (C=O) groups excluding carboxylic acids is 1. The topological polar surface area (TPSA) is 35.6 Å². The third-order valence-corrected chi connectivity index (χ3v) is 7.48. The second-order valence-electron chi connectivity index (χ2n) is 8.84. The molecular formula is C21H29N3O. The molecule has 0 aromatic heterocycles. The van der Waals surface area contributed by atoms with E-state index in [9.17, 15) is 4.79 Å². The van der Waals surface area contributed by atoms with E-state index in [1.807, 2.05) is 12.1 Å². The number of amides is 1. The van der Waals surface area contributed by atoms with Crippen molar-refractivity contribution in [3.8, 4) is 0 Å². The van der Waals surface area contributed by atoms with Crippen LogP contribution in [-0.2, 0) is 10.2 Å².